The summed E-state index contributed by atoms with van der Waals surface area (Å²) in [6, 6.07) is 6.15. The molecule has 0 aromatic heterocycles. The zero-order valence-corrected chi connectivity index (χ0v) is 10.6. The number of hydrogen-bond acceptors (Lipinski definition) is 3. The Morgan fingerprint density at radius 3 is 2.67 bits per heavy atom. The molecule has 1 N–H and O–H groups in total. The topological polar surface area (TPSA) is 52.9 Å². The van der Waals surface area contributed by atoms with Crippen LogP contribution >= 0.6 is 12.4 Å². The number of benzene rings is 1. The quantitative estimate of drug-likeness (QED) is 0.838. The molecule has 1 aromatic rings. The summed E-state index contributed by atoms with van der Waals surface area (Å²) in [7, 11) is 0. The summed E-state index contributed by atoms with van der Waals surface area (Å²) in [6.07, 6.45) is 1.46. The first-order valence-corrected chi connectivity index (χ1v) is 5.67. The Balaban J connectivity index is 0.00000162. The molecule has 1 aliphatic heterocycles. The highest BCUT2D eigenvalue weighted by Gasteiger charge is 2.25. The Morgan fingerprint density at radius 1 is 1.39 bits per heavy atom. The van der Waals surface area contributed by atoms with Gasteiger partial charge >= 0.3 is 0 Å². The van der Waals surface area contributed by atoms with E-state index in [2.05, 4.69) is 5.32 Å². The number of hydrogen-bond donors (Lipinski definition) is 1. The van der Waals surface area contributed by atoms with Gasteiger partial charge in [0.25, 0.3) is 0 Å². The molecule has 0 saturated carbocycles. The van der Waals surface area contributed by atoms with Crippen molar-refractivity contribution in [1.29, 1.82) is 5.26 Å². The minimum Gasteiger partial charge on any atom is -0.317 e. The van der Waals surface area contributed by atoms with Crippen LogP contribution in [-0.4, -0.2) is 18.9 Å². The lowest BCUT2D eigenvalue weighted by Gasteiger charge is -2.21. The molecule has 0 atom stereocenters. The Labute approximate surface area is 111 Å². The van der Waals surface area contributed by atoms with E-state index in [1.807, 2.05) is 0 Å². The van der Waals surface area contributed by atoms with Crippen molar-refractivity contribution in [2.24, 2.45) is 5.92 Å². The van der Waals surface area contributed by atoms with E-state index in [-0.39, 0.29) is 35.2 Å². The van der Waals surface area contributed by atoms with Crippen molar-refractivity contribution in [2.75, 3.05) is 13.1 Å². The molecule has 0 radical (unpaired) electrons. The number of rotatable bonds is 2. The van der Waals surface area contributed by atoms with E-state index in [0.717, 1.165) is 25.9 Å². The number of carbonyl (C=O) groups is 1. The highest BCUT2D eigenvalue weighted by molar-refractivity contribution is 5.98. The fourth-order valence-electron chi connectivity index (χ4n) is 2.11. The summed E-state index contributed by atoms with van der Waals surface area (Å²) >= 11 is 0. The van der Waals surface area contributed by atoms with Gasteiger partial charge in [0, 0.05) is 5.92 Å². The van der Waals surface area contributed by atoms with Crippen molar-refractivity contribution in [1.82, 2.24) is 5.32 Å². The van der Waals surface area contributed by atoms with Crippen molar-refractivity contribution in [2.45, 2.75) is 12.8 Å². The van der Waals surface area contributed by atoms with Gasteiger partial charge in [-0.05, 0) is 38.1 Å². The molecular formula is C13H14ClFN2O. The smallest absolute Gasteiger partial charge is 0.169 e. The van der Waals surface area contributed by atoms with Crippen LogP contribution in [0.2, 0.25) is 0 Å². The number of carbonyl (C=O) groups excluding carboxylic acids is 1. The Morgan fingerprint density at radius 2 is 2.06 bits per heavy atom. The lowest BCUT2D eigenvalue weighted by molar-refractivity contribution is 0.0891. The monoisotopic (exact) mass is 268 g/mol. The second-order valence-electron chi connectivity index (χ2n) is 4.17. The molecule has 1 fully saturated rings. The predicted molar refractivity (Wildman–Crippen MR) is 68.3 cm³/mol. The number of ketones is 1. The number of nitrogens with zero attached hydrogens (tertiary/aromatic N) is 1. The van der Waals surface area contributed by atoms with Gasteiger partial charge < -0.3 is 5.32 Å². The lowest BCUT2D eigenvalue weighted by Crippen LogP contribution is -2.32. The highest BCUT2D eigenvalue weighted by Crippen LogP contribution is 2.21. The summed E-state index contributed by atoms with van der Waals surface area (Å²) in [4.78, 5) is 12.1. The summed E-state index contributed by atoms with van der Waals surface area (Å²) in [5, 5.41) is 11.9. The molecule has 1 heterocycles. The standard InChI is InChI=1S/C13H13FN2O.ClH/c14-12-10(8-15)2-1-3-11(12)13(17)9-4-6-16-7-5-9;/h1-3,9,16H,4-7H2;1H. The molecule has 0 spiro atoms. The van der Waals surface area contributed by atoms with Crippen LogP contribution in [0.15, 0.2) is 18.2 Å². The molecule has 1 aliphatic rings. The van der Waals surface area contributed by atoms with E-state index in [1.54, 1.807) is 12.1 Å². The maximum atomic E-state index is 13.8. The largest absolute Gasteiger partial charge is 0.317 e. The predicted octanol–water partition coefficient (Wildman–Crippen LogP) is 2.30. The van der Waals surface area contributed by atoms with Gasteiger partial charge in [0.1, 0.15) is 6.07 Å². The molecule has 0 aliphatic carbocycles. The summed E-state index contributed by atoms with van der Waals surface area (Å²) in [5.41, 5.74) is -0.0132. The second kappa shape index (κ2) is 6.48. The third-order valence-corrected chi connectivity index (χ3v) is 3.09. The first kappa shape index (κ1) is 14.6. The maximum Gasteiger partial charge on any atom is 0.169 e. The average molecular weight is 269 g/mol. The van der Waals surface area contributed by atoms with Gasteiger partial charge in [-0.3, -0.25) is 4.79 Å². The van der Waals surface area contributed by atoms with Gasteiger partial charge in [-0.15, -0.1) is 12.4 Å². The first-order chi connectivity index (χ1) is 8.24. The zero-order chi connectivity index (χ0) is 12.3. The molecule has 96 valence electrons. The van der Waals surface area contributed by atoms with Crippen LogP contribution in [0, 0.1) is 23.1 Å². The fourth-order valence-corrected chi connectivity index (χ4v) is 2.11. The normalized spacial score (nSPS) is 15.6. The van der Waals surface area contributed by atoms with Gasteiger partial charge in [-0.2, -0.15) is 5.26 Å². The van der Waals surface area contributed by atoms with Crippen molar-refractivity contribution in [3.63, 3.8) is 0 Å². The molecule has 0 amide bonds. The van der Waals surface area contributed by atoms with Gasteiger partial charge in [-0.1, -0.05) is 6.07 Å². The molecule has 1 aromatic carbocycles. The third kappa shape index (κ3) is 2.87. The molecule has 2 rings (SSSR count). The summed E-state index contributed by atoms with van der Waals surface area (Å²) in [6.45, 7) is 1.58. The zero-order valence-electron chi connectivity index (χ0n) is 9.78. The number of Topliss-reactive ketones (excluding diaryl/α,β-unsaturated/α-hetero) is 1. The number of nitriles is 1. The molecule has 0 unspecified atom stereocenters. The third-order valence-electron chi connectivity index (χ3n) is 3.09. The summed E-state index contributed by atoms with van der Waals surface area (Å²) in [5.74, 6) is -0.987. The van der Waals surface area contributed by atoms with Crippen LogP contribution in [0.5, 0.6) is 0 Å². The van der Waals surface area contributed by atoms with Crippen LogP contribution < -0.4 is 5.32 Å². The number of halogens is 2. The van der Waals surface area contributed by atoms with Crippen molar-refractivity contribution in [3.05, 3.63) is 35.1 Å². The molecule has 0 bridgehead atoms. The van der Waals surface area contributed by atoms with E-state index < -0.39 is 5.82 Å². The minimum atomic E-state index is -0.682. The first-order valence-electron chi connectivity index (χ1n) is 5.67. The number of nitrogens with one attached hydrogen (secondary N) is 1. The Kier molecular flexibility index (Phi) is 5.26. The van der Waals surface area contributed by atoms with Crippen LogP contribution in [-0.2, 0) is 0 Å². The average Bonchev–Trinajstić information content (AvgIpc) is 2.39. The van der Waals surface area contributed by atoms with E-state index in [0.29, 0.717) is 0 Å². The van der Waals surface area contributed by atoms with Crippen LogP contribution in [0.4, 0.5) is 4.39 Å². The van der Waals surface area contributed by atoms with Gasteiger partial charge in [0.15, 0.2) is 11.6 Å². The van der Waals surface area contributed by atoms with E-state index in [1.165, 1.54) is 12.1 Å². The maximum absolute atomic E-state index is 13.8. The van der Waals surface area contributed by atoms with E-state index in [9.17, 15) is 9.18 Å². The molecule has 3 nitrogen and oxygen atoms in total. The molecule has 1 saturated heterocycles. The van der Waals surface area contributed by atoms with E-state index in [4.69, 9.17) is 5.26 Å². The minimum absolute atomic E-state index is 0. The fraction of sp³-hybridized carbons (Fsp3) is 0.385. The Hall–Kier alpha value is -1.44. The van der Waals surface area contributed by atoms with Crippen molar-refractivity contribution < 1.29 is 9.18 Å². The van der Waals surface area contributed by atoms with Crippen molar-refractivity contribution >= 4 is 18.2 Å². The lowest BCUT2D eigenvalue weighted by atomic mass is 9.89. The van der Waals surface area contributed by atoms with Crippen LogP contribution in [0.3, 0.4) is 0 Å². The Bertz CT molecular complexity index is 478. The highest BCUT2D eigenvalue weighted by atomic mass is 35.5. The van der Waals surface area contributed by atoms with Crippen molar-refractivity contribution in [3.8, 4) is 6.07 Å². The molecule has 5 heteroatoms. The molecule has 18 heavy (non-hydrogen) atoms. The van der Waals surface area contributed by atoms with Gasteiger partial charge in [0.2, 0.25) is 0 Å². The second-order valence-corrected chi connectivity index (χ2v) is 4.17. The summed E-state index contributed by atoms with van der Waals surface area (Å²) < 4.78 is 13.8. The molecular weight excluding hydrogens is 255 g/mol. The van der Waals surface area contributed by atoms with Gasteiger partial charge in [-0.25, -0.2) is 4.39 Å². The SMILES string of the molecule is Cl.N#Cc1cccc(C(=O)C2CCNCC2)c1F. The van der Waals surface area contributed by atoms with Crippen LogP contribution in [0.1, 0.15) is 28.8 Å². The number of piperidine rings is 1. The van der Waals surface area contributed by atoms with Gasteiger partial charge in [0.05, 0.1) is 11.1 Å². The van der Waals surface area contributed by atoms with E-state index >= 15 is 0 Å². The van der Waals surface area contributed by atoms with Crippen LogP contribution in [0.25, 0.3) is 0 Å².